The molecule has 0 bridgehead atoms. The molecule has 0 aromatic heterocycles. The summed E-state index contributed by atoms with van der Waals surface area (Å²) < 4.78 is 20.3. The fourth-order valence-corrected chi connectivity index (χ4v) is 5.14. The third-order valence-corrected chi connectivity index (χ3v) is 7.61. The van der Waals surface area contributed by atoms with Crippen molar-refractivity contribution in [3.8, 4) is 5.75 Å². The lowest BCUT2D eigenvalue weighted by Crippen LogP contribution is -2.43. The van der Waals surface area contributed by atoms with Gasteiger partial charge in [0, 0.05) is 17.2 Å². The van der Waals surface area contributed by atoms with E-state index in [4.69, 9.17) is 4.74 Å². The molecule has 190 valence electrons. The van der Waals surface area contributed by atoms with E-state index in [2.05, 4.69) is 19.2 Å². The first-order valence-corrected chi connectivity index (χ1v) is 12.9. The van der Waals surface area contributed by atoms with Crippen molar-refractivity contribution in [3.05, 3.63) is 101 Å². The third-order valence-electron chi connectivity index (χ3n) is 7.61. The molecule has 3 aromatic rings. The van der Waals surface area contributed by atoms with Gasteiger partial charge in [-0.2, -0.15) is 0 Å². The quantitative estimate of drug-likeness (QED) is 0.417. The molecule has 1 aliphatic heterocycles. The summed E-state index contributed by atoms with van der Waals surface area (Å²) in [4.78, 5) is 27.8. The van der Waals surface area contributed by atoms with Crippen molar-refractivity contribution < 1.29 is 18.7 Å². The molecule has 1 fully saturated rings. The number of amides is 2. The second-order valence-electron chi connectivity index (χ2n) is 10.0. The van der Waals surface area contributed by atoms with Gasteiger partial charge in [-0.05, 0) is 60.2 Å². The van der Waals surface area contributed by atoms with Crippen LogP contribution in [0.5, 0.6) is 5.75 Å². The summed E-state index contributed by atoms with van der Waals surface area (Å²) in [7, 11) is 0. The van der Waals surface area contributed by atoms with Gasteiger partial charge in [0.2, 0.25) is 0 Å². The second-order valence-corrected chi connectivity index (χ2v) is 10.0. The molecule has 0 radical (unpaired) electrons. The zero-order valence-corrected chi connectivity index (χ0v) is 21.1. The van der Waals surface area contributed by atoms with Crippen LogP contribution in [0.1, 0.15) is 54.6 Å². The van der Waals surface area contributed by atoms with Crippen LogP contribution in [0, 0.1) is 17.7 Å². The lowest BCUT2D eigenvalue weighted by Gasteiger charge is -2.34. The lowest BCUT2D eigenvalue weighted by molar-refractivity contribution is -0.117. The Bertz CT molecular complexity index is 1330. The van der Waals surface area contributed by atoms with Crippen LogP contribution in [0.15, 0.2) is 78.6 Å². The molecule has 3 aromatic carbocycles. The number of fused-ring (bicyclic) bond motifs is 1. The molecule has 2 amide bonds. The Balaban J connectivity index is 1.35. The number of carbonyl (C=O) groups is 2. The van der Waals surface area contributed by atoms with Crippen LogP contribution < -0.4 is 15.0 Å². The molecule has 1 aliphatic carbocycles. The van der Waals surface area contributed by atoms with Gasteiger partial charge in [0.05, 0.1) is 12.2 Å². The Morgan fingerprint density at radius 2 is 1.76 bits per heavy atom. The van der Waals surface area contributed by atoms with Crippen LogP contribution in [0.4, 0.5) is 10.1 Å². The van der Waals surface area contributed by atoms with E-state index in [1.165, 1.54) is 17.4 Å². The van der Waals surface area contributed by atoms with Crippen molar-refractivity contribution in [1.82, 2.24) is 5.32 Å². The third kappa shape index (κ3) is 5.29. The smallest absolute Gasteiger partial charge is 0.294 e. The molecular weight excluding hydrogens is 467 g/mol. The van der Waals surface area contributed by atoms with E-state index in [9.17, 15) is 14.0 Å². The van der Waals surface area contributed by atoms with Gasteiger partial charge in [0.15, 0.2) is 11.5 Å². The number of carbonyl (C=O) groups excluding carboxylic acids is 2. The molecule has 2 aliphatic rings. The molecule has 1 N–H and O–H groups in total. The molecular formula is C31H31FN2O3. The predicted octanol–water partition coefficient (Wildman–Crippen LogP) is 6.35. The maximum Gasteiger partial charge on any atom is 0.294 e. The van der Waals surface area contributed by atoms with Crippen LogP contribution in [0.25, 0.3) is 6.08 Å². The van der Waals surface area contributed by atoms with Crippen LogP contribution in [-0.2, 0) is 11.3 Å². The fourth-order valence-electron chi connectivity index (χ4n) is 5.14. The first-order chi connectivity index (χ1) is 17.9. The molecule has 0 saturated heterocycles. The largest absolute Gasteiger partial charge is 0.449 e. The maximum atomic E-state index is 14.4. The number of rotatable bonds is 5. The number of para-hydroxylation sites is 2. The maximum absolute atomic E-state index is 14.4. The average molecular weight is 499 g/mol. The summed E-state index contributed by atoms with van der Waals surface area (Å²) in [6, 6.07) is 20.9. The Hall–Kier alpha value is -3.93. The van der Waals surface area contributed by atoms with E-state index in [0.717, 1.165) is 18.4 Å². The highest BCUT2D eigenvalue weighted by molar-refractivity contribution is 6.09. The summed E-state index contributed by atoms with van der Waals surface area (Å²) in [5.41, 5.74) is 2.31. The molecule has 1 heterocycles. The standard InChI is InChI=1S/C31H31FN2O3/c1-20-8-7-11-26(21(20)2)33-30(35)23-16-14-22(15-17-23)18-29-31(36)34(19-24-9-3-4-10-25(24)32)27-12-5-6-13-28(27)37-29/h3-6,9-10,12-18,20-21,26H,7-8,11,19H2,1-2H3,(H,33,35)/b29-18-/t20-,21-,26-/m1/s1. The van der Waals surface area contributed by atoms with Gasteiger partial charge in [-0.25, -0.2) is 4.39 Å². The summed E-state index contributed by atoms with van der Waals surface area (Å²) in [6.07, 6.45) is 5.00. The number of nitrogens with one attached hydrogen (secondary N) is 1. The van der Waals surface area contributed by atoms with E-state index < -0.39 is 0 Å². The number of hydrogen-bond donors (Lipinski definition) is 1. The minimum absolute atomic E-state index is 0.0832. The topological polar surface area (TPSA) is 58.6 Å². The molecule has 6 heteroatoms. The molecule has 3 atom stereocenters. The SMILES string of the molecule is C[C@@H]1[C@H](C)CCC[C@H]1NC(=O)c1ccc(/C=C2\Oc3ccccc3N(Cc3ccccc3F)C2=O)cc1. The van der Waals surface area contributed by atoms with E-state index in [0.29, 0.717) is 34.4 Å². The van der Waals surface area contributed by atoms with Gasteiger partial charge in [0.25, 0.3) is 11.8 Å². The van der Waals surface area contributed by atoms with Crippen LogP contribution in [0.2, 0.25) is 0 Å². The molecule has 37 heavy (non-hydrogen) atoms. The highest BCUT2D eigenvalue weighted by Gasteiger charge is 2.31. The van der Waals surface area contributed by atoms with Gasteiger partial charge in [-0.1, -0.05) is 69.2 Å². The summed E-state index contributed by atoms with van der Waals surface area (Å²) >= 11 is 0. The molecule has 0 unspecified atom stereocenters. The van der Waals surface area contributed by atoms with Gasteiger partial charge in [-0.15, -0.1) is 0 Å². The van der Waals surface area contributed by atoms with Crippen LogP contribution in [0.3, 0.4) is 0 Å². The molecule has 5 rings (SSSR count). The average Bonchev–Trinajstić information content (AvgIpc) is 2.90. The van der Waals surface area contributed by atoms with Crippen LogP contribution >= 0.6 is 0 Å². The summed E-state index contributed by atoms with van der Waals surface area (Å²) in [6.45, 7) is 4.54. The number of ether oxygens (including phenoxy) is 1. The van der Waals surface area contributed by atoms with Crippen molar-refractivity contribution in [2.75, 3.05) is 4.90 Å². The predicted molar refractivity (Wildman–Crippen MR) is 143 cm³/mol. The number of nitrogens with zero attached hydrogens (tertiary/aromatic N) is 1. The van der Waals surface area contributed by atoms with Crippen molar-refractivity contribution in [2.24, 2.45) is 11.8 Å². The van der Waals surface area contributed by atoms with Gasteiger partial charge in [0.1, 0.15) is 5.82 Å². The Labute approximate surface area is 217 Å². The zero-order valence-electron chi connectivity index (χ0n) is 21.1. The first kappa shape index (κ1) is 24.8. The van der Waals surface area contributed by atoms with Gasteiger partial charge < -0.3 is 10.1 Å². The number of benzene rings is 3. The highest BCUT2D eigenvalue weighted by atomic mass is 19.1. The van der Waals surface area contributed by atoms with E-state index in [-0.39, 0.29) is 36.0 Å². The molecule has 1 saturated carbocycles. The number of hydrogen-bond acceptors (Lipinski definition) is 3. The monoisotopic (exact) mass is 498 g/mol. The van der Waals surface area contributed by atoms with Gasteiger partial charge >= 0.3 is 0 Å². The normalized spacial score (nSPS) is 22.4. The van der Waals surface area contributed by atoms with Crippen molar-refractivity contribution in [2.45, 2.75) is 45.7 Å². The summed E-state index contributed by atoms with van der Waals surface area (Å²) in [5, 5.41) is 3.20. The van der Waals surface area contributed by atoms with Crippen molar-refractivity contribution in [3.63, 3.8) is 0 Å². The van der Waals surface area contributed by atoms with Crippen molar-refractivity contribution >= 4 is 23.6 Å². The Morgan fingerprint density at radius 1 is 1.03 bits per heavy atom. The van der Waals surface area contributed by atoms with Gasteiger partial charge in [-0.3, -0.25) is 14.5 Å². The number of anilines is 1. The van der Waals surface area contributed by atoms with Crippen molar-refractivity contribution in [1.29, 1.82) is 0 Å². The number of halogens is 1. The van der Waals surface area contributed by atoms with E-state index >= 15 is 0 Å². The zero-order chi connectivity index (χ0) is 25.9. The minimum atomic E-state index is -0.365. The first-order valence-electron chi connectivity index (χ1n) is 12.9. The van der Waals surface area contributed by atoms with E-state index in [1.54, 1.807) is 60.7 Å². The van der Waals surface area contributed by atoms with Crippen LogP contribution in [-0.4, -0.2) is 17.9 Å². The molecule has 0 spiro atoms. The second kappa shape index (κ2) is 10.6. The highest BCUT2D eigenvalue weighted by Crippen LogP contribution is 2.37. The Morgan fingerprint density at radius 3 is 2.54 bits per heavy atom. The lowest BCUT2D eigenvalue weighted by atomic mass is 9.78. The fraction of sp³-hybridized carbons (Fsp3) is 0.290. The van der Waals surface area contributed by atoms with E-state index in [1.807, 2.05) is 12.1 Å². The molecule has 5 nitrogen and oxygen atoms in total. The summed E-state index contributed by atoms with van der Waals surface area (Å²) in [5.74, 6) is 0.907. The Kier molecular flexibility index (Phi) is 7.08. The minimum Gasteiger partial charge on any atom is -0.449 e.